The van der Waals surface area contributed by atoms with Gasteiger partial charge in [0.2, 0.25) is 0 Å². The SMILES string of the molecule is Cc1nc(NS(=O)(=O)c2cnn(CCCO)c2)ccc1Br. The van der Waals surface area contributed by atoms with E-state index in [9.17, 15) is 8.42 Å². The van der Waals surface area contributed by atoms with Crippen molar-refractivity contribution >= 4 is 31.8 Å². The van der Waals surface area contributed by atoms with Crippen LogP contribution in [-0.4, -0.2) is 34.9 Å². The summed E-state index contributed by atoms with van der Waals surface area (Å²) in [6.45, 7) is 2.26. The predicted molar refractivity (Wildman–Crippen MR) is 81.4 cm³/mol. The number of pyridine rings is 1. The minimum atomic E-state index is -3.72. The average molecular weight is 375 g/mol. The Morgan fingerprint density at radius 2 is 2.19 bits per heavy atom. The third-order valence-corrected chi connectivity index (χ3v) is 4.87. The van der Waals surface area contributed by atoms with Crippen LogP contribution in [0.15, 0.2) is 33.9 Å². The Labute approximate surface area is 131 Å². The maximum absolute atomic E-state index is 12.2. The van der Waals surface area contributed by atoms with Crippen LogP contribution in [0, 0.1) is 6.92 Å². The van der Waals surface area contributed by atoms with E-state index in [0.29, 0.717) is 18.7 Å². The first-order chi connectivity index (χ1) is 9.92. The third kappa shape index (κ3) is 4.02. The lowest BCUT2D eigenvalue weighted by molar-refractivity contribution is 0.277. The second kappa shape index (κ2) is 6.54. The van der Waals surface area contributed by atoms with Crippen LogP contribution in [0.3, 0.4) is 0 Å². The molecule has 2 heterocycles. The van der Waals surface area contributed by atoms with Gasteiger partial charge in [0, 0.05) is 23.8 Å². The quantitative estimate of drug-likeness (QED) is 0.798. The average Bonchev–Trinajstić information content (AvgIpc) is 2.90. The van der Waals surface area contributed by atoms with Gasteiger partial charge < -0.3 is 5.11 Å². The van der Waals surface area contributed by atoms with E-state index in [4.69, 9.17) is 5.11 Å². The molecule has 2 rings (SSSR count). The summed E-state index contributed by atoms with van der Waals surface area (Å²) >= 11 is 3.31. The summed E-state index contributed by atoms with van der Waals surface area (Å²) in [5.74, 6) is 0.249. The molecule has 2 aromatic rings. The summed E-state index contributed by atoms with van der Waals surface area (Å²) in [5.41, 5.74) is 0.689. The van der Waals surface area contributed by atoms with Crippen molar-refractivity contribution in [3.63, 3.8) is 0 Å². The molecule has 114 valence electrons. The van der Waals surface area contributed by atoms with Gasteiger partial charge in [0.1, 0.15) is 10.7 Å². The maximum atomic E-state index is 12.2. The Morgan fingerprint density at radius 1 is 1.43 bits per heavy atom. The van der Waals surface area contributed by atoms with Gasteiger partial charge in [-0.15, -0.1) is 0 Å². The predicted octanol–water partition coefficient (Wildman–Crippen LogP) is 1.53. The first kappa shape index (κ1) is 15.9. The summed E-state index contributed by atoms with van der Waals surface area (Å²) in [5, 5.41) is 12.7. The number of aryl methyl sites for hydroxylation is 2. The van der Waals surface area contributed by atoms with Crippen LogP contribution in [0.1, 0.15) is 12.1 Å². The molecule has 0 aliphatic heterocycles. The van der Waals surface area contributed by atoms with Crippen molar-refractivity contribution in [2.24, 2.45) is 0 Å². The van der Waals surface area contributed by atoms with Gasteiger partial charge >= 0.3 is 0 Å². The van der Waals surface area contributed by atoms with Crippen LogP contribution in [0.25, 0.3) is 0 Å². The molecule has 7 nitrogen and oxygen atoms in total. The smallest absolute Gasteiger partial charge is 0.266 e. The van der Waals surface area contributed by atoms with Crippen LogP contribution in [0.5, 0.6) is 0 Å². The number of anilines is 1. The molecule has 0 saturated heterocycles. The molecule has 0 saturated carbocycles. The van der Waals surface area contributed by atoms with Crippen molar-refractivity contribution in [3.8, 4) is 0 Å². The Bertz CT molecular complexity index is 730. The molecule has 0 aliphatic rings. The highest BCUT2D eigenvalue weighted by Crippen LogP contribution is 2.19. The first-order valence-electron chi connectivity index (χ1n) is 6.21. The molecule has 2 N–H and O–H groups in total. The summed E-state index contributed by atoms with van der Waals surface area (Å²) in [6.07, 6.45) is 3.21. The van der Waals surface area contributed by atoms with E-state index >= 15 is 0 Å². The van der Waals surface area contributed by atoms with Gasteiger partial charge in [-0.1, -0.05) is 0 Å². The minimum absolute atomic E-state index is 0.0300. The van der Waals surface area contributed by atoms with Crippen molar-refractivity contribution in [1.29, 1.82) is 0 Å². The molecule has 21 heavy (non-hydrogen) atoms. The molecule has 2 aromatic heterocycles. The Balaban J connectivity index is 2.17. The number of hydrogen-bond donors (Lipinski definition) is 2. The molecule has 0 unspecified atom stereocenters. The van der Waals surface area contributed by atoms with E-state index in [1.54, 1.807) is 19.1 Å². The summed E-state index contributed by atoms with van der Waals surface area (Å²) in [7, 11) is -3.72. The second-order valence-electron chi connectivity index (χ2n) is 4.39. The summed E-state index contributed by atoms with van der Waals surface area (Å²) in [4.78, 5) is 4.20. The third-order valence-electron chi connectivity index (χ3n) is 2.73. The molecule has 0 atom stereocenters. The Kier molecular flexibility index (Phi) is 4.96. The van der Waals surface area contributed by atoms with E-state index in [0.717, 1.165) is 4.47 Å². The highest BCUT2D eigenvalue weighted by atomic mass is 79.9. The van der Waals surface area contributed by atoms with Gasteiger partial charge in [-0.3, -0.25) is 9.40 Å². The van der Waals surface area contributed by atoms with Crippen molar-refractivity contribution in [3.05, 3.63) is 34.7 Å². The molecule has 0 amide bonds. The van der Waals surface area contributed by atoms with Crippen LogP contribution in [-0.2, 0) is 16.6 Å². The maximum Gasteiger partial charge on any atom is 0.266 e. The number of nitrogens with one attached hydrogen (secondary N) is 1. The lowest BCUT2D eigenvalue weighted by Gasteiger charge is -2.06. The van der Waals surface area contributed by atoms with Crippen molar-refractivity contribution in [2.75, 3.05) is 11.3 Å². The largest absolute Gasteiger partial charge is 0.396 e. The van der Waals surface area contributed by atoms with Crippen LogP contribution in [0.2, 0.25) is 0 Å². The van der Waals surface area contributed by atoms with Gasteiger partial charge in [0.15, 0.2) is 0 Å². The van der Waals surface area contributed by atoms with E-state index in [2.05, 4.69) is 30.7 Å². The monoisotopic (exact) mass is 374 g/mol. The fourth-order valence-electron chi connectivity index (χ4n) is 1.64. The number of hydrogen-bond acceptors (Lipinski definition) is 5. The topological polar surface area (TPSA) is 97.1 Å². The molecule has 9 heteroatoms. The molecule has 0 radical (unpaired) electrons. The van der Waals surface area contributed by atoms with Gasteiger partial charge in [-0.05, 0) is 41.4 Å². The molecule has 0 aliphatic carbocycles. The lowest BCUT2D eigenvalue weighted by atomic mass is 10.4. The number of aromatic nitrogens is 3. The van der Waals surface area contributed by atoms with Crippen molar-refractivity contribution < 1.29 is 13.5 Å². The molecule has 0 bridgehead atoms. The molecule has 0 spiro atoms. The zero-order valence-corrected chi connectivity index (χ0v) is 13.7. The van der Waals surface area contributed by atoms with Crippen molar-refractivity contribution in [2.45, 2.75) is 24.8 Å². The Morgan fingerprint density at radius 3 is 2.86 bits per heavy atom. The zero-order valence-electron chi connectivity index (χ0n) is 11.3. The summed E-state index contributed by atoms with van der Waals surface area (Å²) in [6, 6.07) is 3.30. The van der Waals surface area contributed by atoms with E-state index in [1.165, 1.54) is 17.1 Å². The molecule has 0 fully saturated rings. The van der Waals surface area contributed by atoms with E-state index in [1.807, 2.05) is 0 Å². The highest BCUT2D eigenvalue weighted by molar-refractivity contribution is 9.10. The zero-order chi connectivity index (χ0) is 15.5. The number of sulfonamides is 1. The molecular formula is C12H15BrN4O3S. The standard InChI is InChI=1S/C12H15BrN4O3S/c1-9-11(13)3-4-12(15-9)16-21(19,20)10-7-14-17(8-10)5-2-6-18/h3-4,7-8,18H,2,5-6H2,1H3,(H,15,16). The van der Waals surface area contributed by atoms with Crippen molar-refractivity contribution in [1.82, 2.24) is 14.8 Å². The first-order valence-corrected chi connectivity index (χ1v) is 8.49. The number of halogens is 1. The summed E-state index contributed by atoms with van der Waals surface area (Å²) < 4.78 is 29.1. The van der Waals surface area contributed by atoms with Crippen LogP contribution < -0.4 is 4.72 Å². The number of aliphatic hydroxyl groups is 1. The normalized spacial score (nSPS) is 11.6. The lowest BCUT2D eigenvalue weighted by Crippen LogP contribution is -2.13. The Hall–Kier alpha value is -1.45. The van der Waals surface area contributed by atoms with E-state index in [-0.39, 0.29) is 17.3 Å². The van der Waals surface area contributed by atoms with Crippen LogP contribution >= 0.6 is 15.9 Å². The molecule has 0 aromatic carbocycles. The number of nitrogens with zero attached hydrogens (tertiary/aromatic N) is 3. The minimum Gasteiger partial charge on any atom is -0.396 e. The van der Waals surface area contributed by atoms with Gasteiger partial charge in [0.25, 0.3) is 10.0 Å². The van der Waals surface area contributed by atoms with E-state index < -0.39 is 10.0 Å². The van der Waals surface area contributed by atoms with Gasteiger partial charge in [-0.2, -0.15) is 5.10 Å². The number of rotatable bonds is 6. The van der Waals surface area contributed by atoms with Gasteiger partial charge in [0.05, 0.1) is 11.9 Å². The highest BCUT2D eigenvalue weighted by Gasteiger charge is 2.17. The molecular weight excluding hydrogens is 360 g/mol. The fraction of sp³-hybridized carbons (Fsp3) is 0.333. The van der Waals surface area contributed by atoms with Gasteiger partial charge in [-0.25, -0.2) is 13.4 Å². The fourth-order valence-corrected chi connectivity index (χ4v) is 2.81. The number of aliphatic hydroxyl groups excluding tert-OH is 1. The van der Waals surface area contributed by atoms with Crippen LogP contribution in [0.4, 0.5) is 5.82 Å². The second-order valence-corrected chi connectivity index (χ2v) is 6.92.